The molecule has 0 aliphatic carbocycles. The lowest BCUT2D eigenvalue weighted by molar-refractivity contribution is 0.578. The van der Waals surface area contributed by atoms with Gasteiger partial charge in [-0.3, -0.25) is 0 Å². The van der Waals surface area contributed by atoms with E-state index in [0.29, 0.717) is 5.92 Å². The topological polar surface area (TPSA) is 0 Å². The van der Waals surface area contributed by atoms with Crippen LogP contribution in [0.3, 0.4) is 0 Å². The van der Waals surface area contributed by atoms with Crippen LogP contribution in [0.15, 0.2) is 10.5 Å². The molecule has 0 radical (unpaired) electrons. The van der Waals surface area contributed by atoms with E-state index >= 15 is 0 Å². The van der Waals surface area contributed by atoms with E-state index in [9.17, 15) is 0 Å². The predicted molar refractivity (Wildman–Crippen MR) is 64.8 cm³/mol. The summed E-state index contributed by atoms with van der Waals surface area (Å²) in [7, 11) is 0. The van der Waals surface area contributed by atoms with E-state index < -0.39 is 0 Å². The van der Waals surface area contributed by atoms with Gasteiger partial charge in [-0.2, -0.15) is 0 Å². The van der Waals surface area contributed by atoms with Crippen LogP contribution in [-0.2, 0) is 0 Å². The van der Waals surface area contributed by atoms with Crippen molar-refractivity contribution in [2.75, 3.05) is 0 Å². The molecule has 74 valence electrons. The number of hydrogen-bond donors (Lipinski definition) is 0. The van der Waals surface area contributed by atoms with Crippen LogP contribution in [0.5, 0.6) is 0 Å². The highest BCUT2D eigenvalue weighted by atomic mass is 79.9. The van der Waals surface area contributed by atoms with Crippen LogP contribution in [0, 0.1) is 12.8 Å². The Balaban J connectivity index is 2.76. The third kappa shape index (κ3) is 3.26. The molecule has 0 saturated heterocycles. The first-order chi connectivity index (χ1) is 6.00. The zero-order valence-electron chi connectivity index (χ0n) is 8.10. The monoisotopic (exact) mass is 280 g/mol. The molecule has 0 aliphatic rings. The Bertz CT molecular complexity index is 280. The summed E-state index contributed by atoms with van der Waals surface area (Å²) in [5.74, 6) is 0.650. The first kappa shape index (κ1) is 11.5. The Labute approximate surface area is 97.4 Å². The molecule has 3 heteroatoms. The first-order valence-electron chi connectivity index (χ1n) is 4.40. The van der Waals surface area contributed by atoms with Crippen LogP contribution in [0.4, 0.5) is 0 Å². The van der Waals surface area contributed by atoms with Crippen LogP contribution in [-0.4, -0.2) is 0 Å². The minimum absolute atomic E-state index is 0.160. The average molecular weight is 282 g/mol. The van der Waals surface area contributed by atoms with E-state index in [4.69, 9.17) is 11.6 Å². The molecular weight excluding hydrogens is 268 g/mol. The molecule has 0 nitrogen and oxygen atoms in total. The Morgan fingerprint density at radius 2 is 2.15 bits per heavy atom. The maximum Gasteiger partial charge on any atom is 0.0692 e. The van der Waals surface area contributed by atoms with Crippen molar-refractivity contribution in [3.8, 4) is 0 Å². The molecule has 1 atom stereocenters. The number of aryl methyl sites for hydroxylation is 1. The van der Waals surface area contributed by atoms with Crippen molar-refractivity contribution < 1.29 is 0 Å². The molecule has 0 aliphatic heterocycles. The van der Waals surface area contributed by atoms with Crippen LogP contribution in [0.2, 0.25) is 0 Å². The molecule has 0 amide bonds. The summed E-state index contributed by atoms with van der Waals surface area (Å²) in [5.41, 5.74) is 0. The number of thiophene rings is 1. The lowest BCUT2D eigenvalue weighted by atomic mass is 10.1. The van der Waals surface area contributed by atoms with Crippen molar-refractivity contribution in [2.24, 2.45) is 5.92 Å². The van der Waals surface area contributed by atoms with E-state index in [-0.39, 0.29) is 5.38 Å². The van der Waals surface area contributed by atoms with Gasteiger partial charge in [0.05, 0.1) is 5.38 Å². The van der Waals surface area contributed by atoms with Crippen molar-refractivity contribution in [3.63, 3.8) is 0 Å². The van der Waals surface area contributed by atoms with Gasteiger partial charge in [0, 0.05) is 14.2 Å². The van der Waals surface area contributed by atoms with E-state index in [2.05, 4.69) is 42.8 Å². The lowest BCUT2D eigenvalue weighted by Crippen LogP contribution is -1.94. The minimum Gasteiger partial charge on any atom is -0.143 e. The third-order valence-electron chi connectivity index (χ3n) is 1.80. The molecule has 0 bridgehead atoms. The molecule has 0 aromatic carbocycles. The molecule has 13 heavy (non-hydrogen) atoms. The lowest BCUT2D eigenvalue weighted by Gasteiger charge is -2.10. The van der Waals surface area contributed by atoms with E-state index in [1.54, 1.807) is 11.3 Å². The fourth-order valence-electron chi connectivity index (χ4n) is 1.24. The largest absolute Gasteiger partial charge is 0.143 e. The van der Waals surface area contributed by atoms with Crippen LogP contribution < -0.4 is 0 Å². The highest BCUT2D eigenvalue weighted by molar-refractivity contribution is 9.10. The van der Waals surface area contributed by atoms with Gasteiger partial charge in [-0.1, -0.05) is 13.8 Å². The summed E-state index contributed by atoms with van der Waals surface area (Å²) in [6.07, 6.45) is 1.04. The van der Waals surface area contributed by atoms with Crippen LogP contribution >= 0.6 is 38.9 Å². The van der Waals surface area contributed by atoms with E-state index in [1.165, 1.54) is 9.75 Å². The molecular formula is C10H14BrClS. The summed E-state index contributed by atoms with van der Waals surface area (Å²) in [6, 6.07) is 2.13. The number of alkyl halides is 1. The fraction of sp³-hybridized carbons (Fsp3) is 0.600. The Hall–Kier alpha value is 0.470. The molecule has 1 aromatic heterocycles. The molecule has 1 unspecified atom stereocenters. The summed E-state index contributed by atoms with van der Waals surface area (Å²) in [4.78, 5) is 2.59. The highest BCUT2D eigenvalue weighted by Gasteiger charge is 2.15. The van der Waals surface area contributed by atoms with Gasteiger partial charge in [0.25, 0.3) is 0 Å². The summed E-state index contributed by atoms with van der Waals surface area (Å²) in [5, 5.41) is 0.160. The standard InChI is InChI=1S/C10H14BrClS/c1-6(2)4-9(12)10-8(11)5-7(3)13-10/h5-6,9H,4H2,1-3H3. The smallest absolute Gasteiger partial charge is 0.0692 e. The van der Waals surface area contributed by atoms with Gasteiger partial charge < -0.3 is 0 Å². The molecule has 0 fully saturated rings. The Kier molecular flexibility index (Phi) is 4.27. The maximum atomic E-state index is 6.30. The van der Waals surface area contributed by atoms with Gasteiger partial charge in [0.2, 0.25) is 0 Å². The second-order valence-electron chi connectivity index (χ2n) is 3.67. The van der Waals surface area contributed by atoms with E-state index in [1.807, 2.05) is 0 Å². The fourth-order valence-corrected chi connectivity index (χ4v) is 3.89. The van der Waals surface area contributed by atoms with Crippen molar-refractivity contribution in [3.05, 3.63) is 20.3 Å². The van der Waals surface area contributed by atoms with E-state index in [0.717, 1.165) is 10.9 Å². The number of hydrogen-bond acceptors (Lipinski definition) is 1. The van der Waals surface area contributed by atoms with Crippen molar-refractivity contribution >= 4 is 38.9 Å². The molecule has 0 saturated carbocycles. The van der Waals surface area contributed by atoms with Gasteiger partial charge >= 0.3 is 0 Å². The summed E-state index contributed by atoms with van der Waals surface area (Å²) in [6.45, 7) is 6.51. The molecule has 0 spiro atoms. The van der Waals surface area contributed by atoms with Crippen LogP contribution in [0.1, 0.15) is 35.4 Å². The maximum absolute atomic E-state index is 6.30. The normalized spacial score (nSPS) is 13.7. The second-order valence-corrected chi connectivity index (χ2v) is 6.34. The predicted octanol–water partition coefficient (Wildman–Crippen LogP) is 5.15. The molecule has 1 heterocycles. The van der Waals surface area contributed by atoms with Gasteiger partial charge in [0.1, 0.15) is 0 Å². The quantitative estimate of drug-likeness (QED) is 0.673. The van der Waals surface area contributed by atoms with Gasteiger partial charge in [-0.15, -0.1) is 22.9 Å². The summed E-state index contributed by atoms with van der Waals surface area (Å²) >= 11 is 11.6. The first-order valence-corrected chi connectivity index (χ1v) is 6.45. The zero-order valence-corrected chi connectivity index (χ0v) is 11.3. The SMILES string of the molecule is Cc1cc(Br)c(C(Cl)CC(C)C)s1. The molecule has 1 rings (SSSR count). The summed E-state index contributed by atoms with van der Waals surface area (Å²) < 4.78 is 1.16. The average Bonchev–Trinajstić information content (AvgIpc) is 2.28. The van der Waals surface area contributed by atoms with Gasteiger partial charge in [-0.25, -0.2) is 0 Å². The van der Waals surface area contributed by atoms with Crippen LogP contribution in [0.25, 0.3) is 0 Å². The van der Waals surface area contributed by atoms with Gasteiger partial charge in [-0.05, 0) is 41.3 Å². The third-order valence-corrected chi connectivity index (χ3v) is 4.41. The number of rotatable bonds is 3. The Morgan fingerprint density at radius 1 is 1.54 bits per heavy atom. The van der Waals surface area contributed by atoms with Gasteiger partial charge in [0.15, 0.2) is 0 Å². The minimum atomic E-state index is 0.160. The zero-order chi connectivity index (χ0) is 10.0. The molecule has 1 aromatic rings. The highest BCUT2D eigenvalue weighted by Crippen LogP contribution is 2.38. The molecule has 0 N–H and O–H groups in total. The second kappa shape index (κ2) is 4.81. The number of halogens is 2. The van der Waals surface area contributed by atoms with Crippen molar-refractivity contribution in [1.29, 1.82) is 0 Å². The Morgan fingerprint density at radius 3 is 2.54 bits per heavy atom. The van der Waals surface area contributed by atoms with Crippen molar-refractivity contribution in [1.82, 2.24) is 0 Å². The van der Waals surface area contributed by atoms with Crippen molar-refractivity contribution in [2.45, 2.75) is 32.6 Å².